The summed E-state index contributed by atoms with van der Waals surface area (Å²) in [6.07, 6.45) is 0. The van der Waals surface area contributed by atoms with Gasteiger partial charge in [0.25, 0.3) is 5.91 Å². The highest BCUT2D eigenvalue weighted by atomic mass is 79.9. The first-order valence-electron chi connectivity index (χ1n) is 6.89. The Morgan fingerprint density at radius 2 is 1.57 bits per heavy atom. The standard InChI is InChI=1S/C18H12BrNO3/c19-15-8-4-3-7-13(15)17(21)20-16-12-6-2-1-5-11(12)9-10-14(16)18(22)23/h1-10H,(H,20,21)(H,22,23). The van der Waals surface area contributed by atoms with Crippen LogP contribution in [0.3, 0.4) is 0 Å². The van der Waals surface area contributed by atoms with Gasteiger partial charge in [-0.25, -0.2) is 4.79 Å². The molecule has 0 heterocycles. The lowest BCUT2D eigenvalue weighted by Crippen LogP contribution is -2.15. The second-order valence-electron chi connectivity index (χ2n) is 4.95. The summed E-state index contributed by atoms with van der Waals surface area (Å²) in [5.74, 6) is -1.45. The van der Waals surface area contributed by atoms with Crippen molar-refractivity contribution < 1.29 is 14.7 Å². The normalized spacial score (nSPS) is 10.5. The van der Waals surface area contributed by atoms with E-state index in [1.807, 2.05) is 24.3 Å². The number of nitrogens with one attached hydrogen (secondary N) is 1. The highest BCUT2D eigenvalue weighted by Gasteiger charge is 2.17. The smallest absolute Gasteiger partial charge is 0.337 e. The van der Waals surface area contributed by atoms with Crippen LogP contribution in [-0.2, 0) is 0 Å². The monoisotopic (exact) mass is 369 g/mol. The van der Waals surface area contributed by atoms with E-state index in [-0.39, 0.29) is 11.5 Å². The number of rotatable bonds is 3. The van der Waals surface area contributed by atoms with Gasteiger partial charge in [-0.15, -0.1) is 0 Å². The highest BCUT2D eigenvalue weighted by Crippen LogP contribution is 2.29. The molecule has 0 saturated heterocycles. The molecule has 23 heavy (non-hydrogen) atoms. The van der Waals surface area contributed by atoms with E-state index in [1.165, 1.54) is 6.07 Å². The molecule has 3 rings (SSSR count). The van der Waals surface area contributed by atoms with Gasteiger partial charge in [-0.3, -0.25) is 4.79 Å². The molecular formula is C18H12BrNO3. The number of carboxylic acid groups (broad SMARTS) is 1. The van der Waals surface area contributed by atoms with Crippen molar-refractivity contribution in [3.05, 3.63) is 76.3 Å². The fourth-order valence-corrected chi connectivity index (χ4v) is 2.88. The molecule has 2 N–H and O–H groups in total. The molecule has 5 heteroatoms. The first-order valence-corrected chi connectivity index (χ1v) is 7.68. The SMILES string of the molecule is O=C(Nc1c(C(=O)O)ccc2ccccc12)c1ccccc1Br. The molecular weight excluding hydrogens is 358 g/mol. The molecule has 0 radical (unpaired) electrons. The van der Waals surface area contributed by atoms with Crippen LogP contribution in [0.5, 0.6) is 0 Å². The molecule has 0 atom stereocenters. The average molecular weight is 370 g/mol. The lowest BCUT2D eigenvalue weighted by Gasteiger charge is -2.12. The van der Waals surface area contributed by atoms with E-state index >= 15 is 0 Å². The first kappa shape index (κ1) is 15.2. The molecule has 0 unspecified atom stereocenters. The zero-order valence-electron chi connectivity index (χ0n) is 11.9. The van der Waals surface area contributed by atoms with Gasteiger partial charge in [0.05, 0.1) is 16.8 Å². The number of amides is 1. The summed E-state index contributed by atoms with van der Waals surface area (Å²) in [6.45, 7) is 0. The van der Waals surface area contributed by atoms with Crippen molar-refractivity contribution in [3.63, 3.8) is 0 Å². The van der Waals surface area contributed by atoms with Crippen LogP contribution in [-0.4, -0.2) is 17.0 Å². The molecule has 3 aromatic rings. The summed E-state index contributed by atoms with van der Waals surface area (Å²) < 4.78 is 0.648. The minimum atomic E-state index is -1.09. The maximum atomic E-state index is 12.5. The van der Waals surface area contributed by atoms with Gasteiger partial charge in [-0.2, -0.15) is 0 Å². The number of carbonyl (C=O) groups is 2. The summed E-state index contributed by atoms with van der Waals surface area (Å²) >= 11 is 3.33. The van der Waals surface area contributed by atoms with Gasteiger partial charge in [0.1, 0.15) is 0 Å². The fraction of sp³-hybridized carbons (Fsp3) is 0. The van der Waals surface area contributed by atoms with Crippen LogP contribution < -0.4 is 5.32 Å². The Labute approximate surface area is 140 Å². The van der Waals surface area contributed by atoms with Crippen molar-refractivity contribution >= 4 is 44.3 Å². The molecule has 0 spiro atoms. The predicted molar refractivity (Wildman–Crippen MR) is 93.0 cm³/mol. The minimum Gasteiger partial charge on any atom is -0.478 e. The van der Waals surface area contributed by atoms with Crippen molar-refractivity contribution in [1.82, 2.24) is 0 Å². The molecule has 114 valence electrons. The number of fused-ring (bicyclic) bond motifs is 1. The van der Waals surface area contributed by atoms with E-state index in [0.29, 0.717) is 21.1 Å². The lowest BCUT2D eigenvalue weighted by atomic mass is 10.0. The third-order valence-corrected chi connectivity index (χ3v) is 4.21. The molecule has 4 nitrogen and oxygen atoms in total. The Kier molecular flexibility index (Phi) is 4.12. The van der Waals surface area contributed by atoms with Gasteiger partial charge >= 0.3 is 5.97 Å². The van der Waals surface area contributed by atoms with Crippen LogP contribution in [0.1, 0.15) is 20.7 Å². The van der Waals surface area contributed by atoms with Crippen LogP contribution in [0.2, 0.25) is 0 Å². The molecule has 0 bridgehead atoms. The average Bonchev–Trinajstić information content (AvgIpc) is 2.55. The van der Waals surface area contributed by atoms with Gasteiger partial charge in [-0.1, -0.05) is 42.5 Å². The quantitative estimate of drug-likeness (QED) is 0.711. The van der Waals surface area contributed by atoms with Crippen LogP contribution in [0.15, 0.2) is 65.1 Å². The van der Waals surface area contributed by atoms with Crippen molar-refractivity contribution in [1.29, 1.82) is 0 Å². The van der Waals surface area contributed by atoms with Gasteiger partial charge < -0.3 is 10.4 Å². The number of anilines is 1. The number of benzene rings is 3. The molecule has 0 fully saturated rings. The Balaban J connectivity index is 2.11. The Morgan fingerprint density at radius 3 is 2.30 bits per heavy atom. The zero-order valence-corrected chi connectivity index (χ0v) is 13.5. The van der Waals surface area contributed by atoms with Crippen molar-refractivity contribution in [3.8, 4) is 0 Å². The number of hydrogen-bond acceptors (Lipinski definition) is 2. The van der Waals surface area contributed by atoms with E-state index in [2.05, 4.69) is 21.2 Å². The maximum Gasteiger partial charge on any atom is 0.337 e. The van der Waals surface area contributed by atoms with E-state index in [0.717, 1.165) is 5.39 Å². The van der Waals surface area contributed by atoms with E-state index in [9.17, 15) is 14.7 Å². The Bertz CT molecular complexity index is 921. The number of halogens is 1. The number of aromatic carboxylic acids is 1. The summed E-state index contributed by atoms with van der Waals surface area (Å²) in [5.41, 5.74) is 0.803. The van der Waals surface area contributed by atoms with E-state index < -0.39 is 5.97 Å². The molecule has 0 aliphatic heterocycles. The van der Waals surface area contributed by atoms with Crippen LogP contribution >= 0.6 is 15.9 Å². The van der Waals surface area contributed by atoms with Gasteiger partial charge in [0.2, 0.25) is 0 Å². The van der Waals surface area contributed by atoms with Crippen LogP contribution in [0.25, 0.3) is 10.8 Å². The largest absolute Gasteiger partial charge is 0.478 e. The van der Waals surface area contributed by atoms with Crippen molar-refractivity contribution in [2.75, 3.05) is 5.32 Å². The molecule has 3 aromatic carbocycles. The third-order valence-electron chi connectivity index (χ3n) is 3.52. The van der Waals surface area contributed by atoms with Crippen LogP contribution in [0, 0.1) is 0 Å². The topological polar surface area (TPSA) is 66.4 Å². The second-order valence-corrected chi connectivity index (χ2v) is 5.80. The lowest BCUT2D eigenvalue weighted by molar-refractivity contribution is 0.0698. The third kappa shape index (κ3) is 2.96. The summed E-state index contributed by atoms with van der Waals surface area (Å²) in [7, 11) is 0. The van der Waals surface area contributed by atoms with Gasteiger partial charge in [0, 0.05) is 9.86 Å². The molecule has 0 saturated carbocycles. The Hall–Kier alpha value is -2.66. The van der Waals surface area contributed by atoms with Gasteiger partial charge in [-0.05, 0) is 39.5 Å². The van der Waals surface area contributed by atoms with Crippen molar-refractivity contribution in [2.24, 2.45) is 0 Å². The number of hydrogen-bond donors (Lipinski definition) is 2. The van der Waals surface area contributed by atoms with E-state index in [1.54, 1.807) is 30.3 Å². The minimum absolute atomic E-state index is 0.0594. The number of carbonyl (C=O) groups excluding carboxylic acids is 1. The van der Waals surface area contributed by atoms with Crippen molar-refractivity contribution in [2.45, 2.75) is 0 Å². The van der Waals surface area contributed by atoms with Gasteiger partial charge in [0.15, 0.2) is 0 Å². The first-order chi connectivity index (χ1) is 11.1. The fourth-order valence-electron chi connectivity index (χ4n) is 2.41. The highest BCUT2D eigenvalue weighted by molar-refractivity contribution is 9.10. The van der Waals surface area contributed by atoms with Crippen LogP contribution in [0.4, 0.5) is 5.69 Å². The molecule has 1 amide bonds. The summed E-state index contributed by atoms with van der Waals surface area (Å²) in [6, 6.07) is 17.5. The summed E-state index contributed by atoms with van der Waals surface area (Å²) in [4.78, 5) is 24.0. The Morgan fingerprint density at radius 1 is 0.870 bits per heavy atom. The molecule has 0 aliphatic carbocycles. The zero-order chi connectivity index (χ0) is 16.4. The predicted octanol–water partition coefficient (Wildman–Crippen LogP) is 4.55. The second kappa shape index (κ2) is 6.22. The number of carboxylic acids is 1. The molecule has 0 aliphatic rings. The molecule has 0 aromatic heterocycles. The van der Waals surface area contributed by atoms with E-state index in [4.69, 9.17) is 0 Å². The summed E-state index contributed by atoms with van der Waals surface area (Å²) in [5, 5.41) is 13.7. The maximum absolute atomic E-state index is 12.5.